The van der Waals surface area contributed by atoms with Gasteiger partial charge in [0.25, 0.3) is 0 Å². The molecule has 0 aliphatic carbocycles. The van der Waals surface area contributed by atoms with Crippen molar-refractivity contribution in [2.45, 2.75) is 51.5 Å². The largest absolute Gasteiger partial charge is 0.444 e. The Morgan fingerprint density at radius 2 is 2.12 bits per heavy atom. The molecule has 2 N–H and O–H groups in total. The molecule has 0 spiro atoms. The van der Waals surface area contributed by atoms with E-state index >= 15 is 0 Å². The lowest BCUT2D eigenvalue weighted by molar-refractivity contribution is -0.108. The highest BCUT2D eigenvalue weighted by Crippen LogP contribution is 2.23. The number of aromatic amines is 1. The first-order chi connectivity index (χ1) is 11.3. The third-order valence-electron chi connectivity index (χ3n) is 3.74. The van der Waals surface area contributed by atoms with Gasteiger partial charge in [-0.05, 0) is 33.6 Å². The van der Waals surface area contributed by atoms with Crippen LogP contribution in [0, 0.1) is 0 Å². The number of hydrogen-bond acceptors (Lipinski definition) is 6. The van der Waals surface area contributed by atoms with Gasteiger partial charge in [0, 0.05) is 39.4 Å². The van der Waals surface area contributed by atoms with Crippen molar-refractivity contribution in [1.82, 2.24) is 15.5 Å². The summed E-state index contributed by atoms with van der Waals surface area (Å²) < 4.78 is 15.7. The molecule has 1 atom stereocenters. The summed E-state index contributed by atoms with van der Waals surface area (Å²) >= 11 is 0. The van der Waals surface area contributed by atoms with E-state index < -0.39 is 11.9 Å². The molecule has 0 aromatic carbocycles. The maximum atomic E-state index is 11.9. The zero-order chi connectivity index (χ0) is 17.7. The van der Waals surface area contributed by atoms with Gasteiger partial charge in [-0.1, -0.05) is 0 Å². The second kappa shape index (κ2) is 7.85. The van der Waals surface area contributed by atoms with E-state index in [-0.39, 0.29) is 12.1 Å². The molecule has 0 bridgehead atoms. The SMILES string of the molecule is COC(OC)c1cc(N2CCC[C@@H](NC(=O)OC(C)(C)C)C2)[nH]n1. The molecule has 2 rings (SSSR count). The number of H-pyrrole nitrogens is 1. The molecule has 1 aromatic heterocycles. The number of carbonyl (C=O) groups is 1. The van der Waals surface area contributed by atoms with E-state index in [4.69, 9.17) is 14.2 Å². The van der Waals surface area contributed by atoms with Gasteiger partial charge in [0.1, 0.15) is 17.1 Å². The maximum absolute atomic E-state index is 11.9. The standard InChI is InChI=1S/C16H28N4O4/c1-16(2,3)24-15(21)17-11-7-6-8-20(10-11)13-9-12(18-19-13)14(22-4)23-5/h9,11,14H,6-8,10H2,1-5H3,(H,17,21)(H,18,19)/t11-/m1/s1. The number of rotatable bonds is 5. The Balaban J connectivity index is 1.94. The molecule has 1 aromatic rings. The van der Waals surface area contributed by atoms with E-state index in [0.29, 0.717) is 12.2 Å². The van der Waals surface area contributed by atoms with Crippen LogP contribution in [0.3, 0.4) is 0 Å². The number of amides is 1. The van der Waals surface area contributed by atoms with Crippen LogP contribution >= 0.6 is 0 Å². The third kappa shape index (κ3) is 5.10. The molecule has 0 unspecified atom stereocenters. The van der Waals surface area contributed by atoms with Gasteiger partial charge >= 0.3 is 6.09 Å². The minimum Gasteiger partial charge on any atom is -0.444 e. The molecule has 0 radical (unpaired) electrons. The van der Waals surface area contributed by atoms with Crippen LogP contribution in [-0.2, 0) is 14.2 Å². The van der Waals surface area contributed by atoms with Crippen LogP contribution in [0.1, 0.15) is 45.6 Å². The van der Waals surface area contributed by atoms with Crippen molar-refractivity contribution in [1.29, 1.82) is 0 Å². The quantitative estimate of drug-likeness (QED) is 0.799. The molecule has 1 fully saturated rings. The van der Waals surface area contributed by atoms with Crippen molar-refractivity contribution in [2.24, 2.45) is 0 Å². The van der Waals surface area contributed by atoms with Gasteiger partial charge in [0.2, 0.25) is 6.29 Å². The number of methoxy groups -OCH3 is 2. The first kappa shape index (κ1) is 18.5. The Kier molecular flexibility index (Phi) is 6.06. The molecule has 8 heteroatoms. The summed E-state index contributed by atoms with van der Waals surface area (Å²) in [7, 11) is 3.15. The Labute approximate surface area is 142 Å². The average molecular weight is 340 g/mol. The van der Waals surface area contributed by atoms with Gasteiger partial charge in [-0.15, -0.1) is 0 Å². The number of hydrogen-bond donors (Lipinski definition) is 2. The van der Waals surface area contributed by atoms with Crippen molar-refractivity contribution in [2.75, 3.05) is 32.2 Å². The minimum atomic E-state index is -0.494. The Bertz CT molecular complexity index is 536. The molecule has 1 aliphatic heterocycles. The number of carbonyl (C=O) groups excluding carboxylic acids is 1. The summed E-state index contributed by atoms with van der Waals surface area (Å²) in [4.78, 5) is 14.1. The number of nitrogens with one attached hydrogen (secondary N) is 2. The van der Waals surface area contributed by atoms with Gasteiger partial charge in [0.05, 0.1) is 0 Å². The normalized spacial score (nSPS) is 18.8. The first-order valence-corrected chi connectivity index (χ1v) is 8.17. The van der Waals surface area contributed by atoms with Crippen LogP contribution in [0.25, 0.3) is 0 Å². The number of nitrogens with zero attached hydrogens (tertiary/aromatic N) is 2. The highest BCUT2D eigenvalue weighted by molar-refractivity contribution is 5.68. The summed E-state index contributed by atoms with van der Waals surface area (Å²) in [6, 6.07) is 1.95. The van der Waals surface area contributed by atoms with E-state index in [0.717, 1.165) is 25.2 Å². The molecule has 2 heterocycles. The summed E-state index contributed by atoms with van der Waals surface area (Å²) in [5, 5.41) is 10.2. The topological polar surface area (TPSA) is 88.7 Å². The molecule has 24 heavy (non-hydrogen) atoms. The average Bonchev–Trinajstić information content (AvgIpc) is 2.96. The third-order valence-corrected chi connectivity index (χ3v) is 3.74. The van der Waals surface area contributed by atoms with Crippen molar-refractivity contribution in [3.8, 4) is 0 Å². The number of ether oxygens (including phenoxy) is 3. The van der Waals surface area contributed by atoms with E-state index in [1.807, 2.05) is 26.8 Å². The summed E-state index contributed by atoms with van der Waals surface area (Å²) in [6.07, 6.45) is 1.04. The van der Waals surface area contributed by atoms with Gasteiger partial charge in [-0.25, -0.2) is 4.79 Å². The van der Waals surface area contributed by atoms with Crippen LogP contribution in [0.5, 0.6) is 0 Å². The Hall–Kier alpha value is -1.80. The van der Waals surface area contributed by atoms with Crippen LogP contribution in [0.4, 0.5) is 10.6 Å². The molecular formula is C16H28N4O4. The second-order valence-corrected chi connectivity index (χ2v) is 6.91. The molecule has 136 valence electrons. The van der Waals surface area contributed by atoms with E-state index in [1.54, 1.807) is 14.2 Å². The molecular weight excluding hydrogens is 312 g/mol. The van der Waals surface area contributed by atoms with Gasteiger partial charge < -0.3 is 24.4 Å². The van der Waals surface area contributed by atoms with Gasteiger partial charge in [-0.2, -0.15) is 5.10 Å². The Morgan fingerprint density at radius 3 is 2.75 bits per heavy atom. The van der Waals surface area contributed by atoms with Crippen LogP contribution in [0.2, 0.25) is 0 Å². The zero-order valence-electron chi connectivity index (χ0n) is 15.1. The van der Waals surface area contributed by atoms with E-state index in [9.17, 15) is 4.79 Å². The highest BCUT2D eigenvalue weighted by atomic mass is 16.7. The van der Waals surface area contributed by atoms with Gasteiger partial charge in [0.15, 0.2) is 0 Å². The maximum Gasteiger partial charge on any atom is 0.407 e. The van der Waals surface area contributed by atoms with Crippen molar-refractivity contribution in [3.05, 3.63) is 11.8 Å². The smallest absolute Gasteiger partial charge is 0.407 e. The predicted octanol–water partition coefficient (Wildman–Crippen LogP) is 2.19. The van der Waals surface area contributed by atoms with E-state index in [1.165, 1.54) is 0 Å². The predicted molar refractivity (Wildman–Crippen MR) is 90.0 cm³/mol. The molecule has 1 saturated heterocycles. The highest BCUT2D eigenvalue weighted by Gasteiger charge is 2.25. The molecule has 8 nitrogen and oxygen atoms in total. The van der Waals surface area contributed by atoms with Gasteiger partial charge in [-0.3, -0.25) is 5.10 Å². The number of alkyl carbamates (subject to hydrolysis) is 1. The lowest BCUT2D eigenvalue weighted by atomic mass is 10.1. The monoisotopic (exact) mass is 340 g/mol. The lowest BCUT2D eigenvalue weighted by Gasteiger charge is -2.34. The number of aromatic nitrogens is 2. The first-order valence-electron chi connectivity index (χ1n) is 8.17. The lowest BCUT2D eigenvalue weighted by Crippen LogP contribution is -2.49. The fourth-order valence-electron chi connectivity index (χ4n) is 2.73. The molecule has 1 aliphatic rings. The van der Waals surface area contributed by atoms with Crippen LogP contribution < -0.4 is 10.2 Å². The number of piperidine rings is 1. The Morgan fingerprint density at radius 1 is 1.42 bits per heavy atom. The summed E-state index contributed by atoms with van der Waals surface area (Å²) in [5.41, 5.74) is 0.198. The summed E-state index contributed by atoms with van der Waals surface area (Å²) in [5.74, 6) is 0.889. The number of anilines is 1. The van der Waals surface area contributed by atoms with Crippen molar-refractivity contribution < 1.29 is 19.0 Å². The fraction of sp³-hybridized carbons (Fsp3) is 0.750. The van der Waals surface area contributed by atoms with Crippen LogP contribution in [-0.4, -0.2) is 55.2 Å². The summed E-state index contributed by atoms with van der Waals surface area (Å²) in [6.45, 7) is 7.17. The van der Waals surface area contributed by atoms with Crippen molar-refractivity contribution in [3.63, 3.8) is 0 Å². The molecule has 1 amide bonds. The second-order valence-electron chi connectivity index (χ2n) is 6.91. The fourth-order valence-corrected chi connectivity index (χ4v) is 2.73. The van der Waals surface area contributed by atoms with Crippen molar-refractivity contribution >= 4 is 11.9 Å². The van der Waals surface area contributed by atoms with E-state index in [2.05, 4.69) is 20.4 Å². The zero-order valence-corrected chi connectivity index (χ0v) is 15.1. The molecule has 0 saturated carbocycles. The minimum absolute atomic E-state index is 0.0426. The van der Waals surface area contributed by atoms with Crippen LogP contribution in [0.15, 0.2) is 6.07 Å².